The molecule has 0 aromatic heterocycles. The molecular weight excluding hydrogens is 258 g/mol. The number of benzene rings is 2. The van der Waals surface area contributed by atoms with E-state index in [1.54, 1.807) is 7.11 Å². The zero-order valence-electron chi connectivity index (χ0n) is 13.7. The third-order valence-corrected chi connectivity index (χ3v) is 3.44. The molecule has 0 bridgehead atoms. The van der Waals surface area contributed by atoms with Gasteiger partial charge in [-0.25, -0.2) is 0 Å². The normalized spacial score (nSPS) is 12.7. The Hall–Kier alpha value is -1.80. The van der Waals surface area contributed by atoms with Crippen LogP contribution in [0.5, 0.6) is 5.75 Å². The molecule has 0 amide bonds. The maximum Gasteiger partial charge on any atom is 0.126 e. The van der Waals surface area contributed by atoms with Crippen molar-refractivity contribution in [2.45, 2.75) is 33.2 Å². The summed E-state index contributed by atoms with van der Waals surface area (Å²) in [5.74, 6) is 0.924. The van der Waals surface area contributed by atoms with Crippen LogP contribution in [0.25, 0.3) is 16.8 Å². The van der Waals surface area contributed by atoms with Gasteiger partial charge in [-0.2, -0.15) is 0 Å². The second kappa shape index (κ2) is 6.31. The van der Waals surface area contributed by atoms with Crippen LogP contribution in [0, 0.1) is 0 Å². The maximum absolute atomic E-state index is 5.45. The van der Waals surface area contributed by atoms with Crippen LogP contribution < -0.4 is 10.1 Å². The minimum Gasteiger partial charge on any atom is -0.496 e. The van der Waals surface area contributed by atoms with Gasteiger partial charge in [0.1, 0.15) is 5.75 Å². The van der Waals surface area contributed by atoms with Gasteiger partial charge in [-0.1, -0.05) is 42.0 Å². The third-order valence-electron chi connectivity index (χ3n) is 3.44. The van der Waals surface area contributed by atoms with E-state index in [-0.39, 0.29) is 5.54 Å². The summed E-state index contributed by atoms with van der Waals surface area (Å²) in [4.78, 5) is 0. The summed E-state index contributed by atoms with van der Waals surface area (Å²) in [6.45, 7) is 9.61. The van der Waals surface area contributed by atoms with Crippen LogP contribution in [0.2, 0.25) is 0 Å². The van der Waals surface area contributed by atoms with Crippen molar-refractivity contribution in [1.29, 1.82) is 0 Å². The SMILES string of the molecule is COc1ccc(/C=C(/C)CNC(C)(C)C)c2ccccc12. The number of rotatable bonds is 4. The van der Waals surface area contributed by atoms with Crippen molar-refractivity contribution in [3.8, 4) is 5.75 Å². The summed E-state index contributed by atoms with van der Waals surface area (Å²) in [7, 11) is 1.72. The quantitative estimate of drug-likeness (QED) is 0.882. The first-order valence-electron chi connectivity index (χ1n) is 7.38. The number of ether oxygens (including phenoxy) is 1. The zero-order chi connectivity index (χ0) is 15.5. The molecule has 0 aliphatic rings. The molecular formula is C19H25NO. The zero-order valence-corrected chi connectivity index (χ0v) is 13.7. The Kier molecular flexibility index (Phi) is 4.69. The lowest BCUT2D eigenvalue weighted by atomic mass is 10.0. The molecule has 0 atom stereocenters. The second-order valence-corrected chi connectivity index (χ2v) is 6.50. The maximum atomic E-state index is 5.45. The van der Waals surface area contributed by atoms with E-state index in [4.69, 9.17) is 4.74 Å². The molecule has 0 saturated heterocycles. The van der Waals surface area contributed by atoms with Gasteiger partial charge in [0.05, 0.1) is 7.11 Å². The minimum absolute atomic E-state index is 0.136. The van der Waals surface area contributed by atoms with Crippen molar-refractivity contribution in [1.82, 2.24) is 5.32 Å². The highest BCUT2D eigenvalue weighted by molar-refractivity contribution is 5.95. The van der Waals surface area contributed by atoms with Gasteiger partial charge in [0.2, 0.25) is 0 Å². The molecule has 1 N–H and O–H groups in total. The fraction of sp³-hybridized carbons (Fsp3) is 0.368. The summed E-state index contributed by atoms with van der Waals surface area (Å²) >= 11 is 0. The van der Waals surface area contributed by atoms with Gasteiger partial charge in [-0.05, 0) is 44.7 Å². The number of methoxy groups -OCH3 is 1. The van der Waals surface area contributed by atoms with E-state index < -0.39 is 0 Å². The van der Waals surface area contributed by atoms with Crippen molar-refractivity contribution in [3.05, 3.63) is 47.5 Å². The molecule has 0 fully saturated rings. The van der Waals surface area contributed by atoms with E-state index in [0.29, 0.717) is 0 Å². The Morgan fingerprint density at radius 1 is 1.10 bits per heavy atom. The van der Waals surface area contributed by atoms with Gasteiger partial charge in [0, 0.05) is 17.5 Å². The molecule has 0 spiro atoms. The molecule has 0 heterocycles. The van der Waals surface area contributed by atoms with Gasteiger partial charge in [0.25, 0.3) is 0 Å². The summed E-state index contributed by atoms with van der Waals surface area (Å²) in [6, 6.07) is 12.5. The Morgan fingerprint density at radius 2 is 1.76 bits per heavy atom. The van der Waals surface area contributed by atoms with Gasteiger partial charge < -0.3 is 10.1 Å². The van der Waals surface area contributed by atoms with E-state index in [9.17, 15) is 0 Å². The molecule has 112 valence electrons. The lowest BCUT2D eigenvalue weighted by molar-refractivity contribution is 0.420. The molecule has 2 aromatic carbocycles. The summed E-state index contributed by atoms with van der Waals surface area (Å²) in [5.41, 5.74) is 2.69. The number of hydrogen-bond donors (Lipinski definition) is 1. The Labute approximate surface area is 127 Å². The van der Waals surface area contributed by atoms with E-state index in [1.165, 1.54) is 16.5 Å². The summed E-state index contributed by atoms with van der Waals surface area (Å²) in [5, 5.41) is 5.91. The predicted molar refractivity (Wildman–Crippen MR) is 91.9 cm³/mol. The summed E-state index contributed by atoms with van der Waals surface area (Å²) < 4.78 is 5.45. The van der Waals surface area contributed by atoms with Crippen molar-refractivity contribution < 1.29 is 4.74 Å². The topological polar surface area (TPSA) is 21.3 Å². The number of hydrogen-bond acceptors (Lipinski definition) is 2. The first-order valence-corrected chi connectivity index (χ1v) is 7.38. The Balaban J connectivity index is 2.34. The van der Waals surface area contributed by atoms with E-state index in [2.05, 4.69) is 63.4 Å². The highest BCUT2D eigenvalue weighted by Crippen LogP contribution is 2.29. The second-order valence-electron chi connectivity index (χ2n) is 6.50. The molecule has 21 heavy (non-hydrogen) atoms. The van der Waals surface area contributed by atoms with Crippen molar-refractivity contribution in [2.75, 3.05) is 13.7 Å². The van der Waals surface area contributed by atoms with Gasteiger partial charge in [-0.15, -0.1) is 0 Å². The van der Waals surface area contributed by atoms with Gasteiger partial charge in [0.15, 0.2) is 0 Å². The average Bonchev–Trinajstić information content (AvgIpc) is 2.45. The van der Waals surface area contributed by atoms with Crippen molar-refractivity contribution in [2.24, 2.45) is 0 Å². The largest absolute Gasteiger partial charge is 0.496 e. The van der Waals surface area contributed by atoms with Crippen LogP contribution in [-0.4, -0.2) is 19.2 Å². The first-order chi connectivity index (χ1) is 9.90. The van der Waals surface area contributed by atoms with Crippen molar-refractivity contribution in [3.63, 3.8) is 0 Å². The minimum atomic E-state index is 0.136. The molecule has 0 radical (unpaired) electrons. The highest BCUT2D eigenvalue weighted by atomic mass is 16.5. The van der Waals surface area contributed by atoms with E-state index >= 15 is 0 Å². The molecule has 0 aliphatic heterocycles. The van der Waals surface area contributed by atoms with Crippen molar-refractivity contribution >= 4 is 16.8 Å². The van der Waals surface area contributed by atoms with Crippen LogP contribution in [0.3, 0.4) is 0 Å². The van der Waals surface area contributed by atoms with Crippen LogP contribution in [0.1, 0.15) is 33.3 Å². The highest BCUT2D eigenvalue weighted by Gasteiger charge is 2.09. The van der Waals surface area contributed by atoms with Crippen LogP contribution in [-0.2, 0) is 0 Å². The molecule has 2 heteroatoms. The van der Waals surface area contributed by atoms with Crippen LogP contribution in [0.4, 0.5) is 0 Å². The van der Waals surface area contributed by atoms with Gasteiger partial charge >= 0.3 is 0 Å². The number of nitrogens with one attached hydrogen (secondary N) is 1. The Bertz CT molecular complexity index is 650. The third kappa shape index (κ3) is 4.08. The van der Waals surface area contributed by atoms with Crippen LogP contribution in [0.15, 0.2) is 42.0 Å². The van der Waals surface area contributed by atoms with E-state index in [1.807, 2.05) is 12.1 Å². The molecule has 0 aliphatic carbocycles. The van der Waals surface area contributed by atoms with Gasteiger partial charge in [-0.3, -0.25) is 0 Å². The lowest BCUT2D eigenvalue weighted by Crippen LogP contribution is -2.36. The van der Waals surface area contributed by atoms with E-state index in [0.717, 1.165) is 17.7 Å². The fourth-order valence-corrected chi connectivity index (χ4v) is 2.32. The molecule has 2 rings (SSSR count). The fourth-order valence-electron chi connectivity index (χ4n) is 2.32. The number of fused-ring (bicyclic) bond motifs is 1. The average molecular weight is 283 g/mol. The Morgan fingerprint density at radius 3 is 2.38 bits per heavy atom. The molecule has 2 nitrogen and oxygen atoms in total. The molecule has 0 saturated carbocycles. The standard InChI is InChI=1S/C19H25NO/c1-14(13-20-19(2,3)4)12-15-10-11-18(21-5)17-9-7-6-8-16(15)17/h6-12,20H,13H2,1-5H3/b14-12-. The molecule has 0 unspecified atom stereocenters. The smallest absolute Gasteiger partial charge is 0.126 e. The molecule has 2 aromatic rings. The predicted octanol–water partition coefficient (Wildman–Crippen LogP) is 4.64. The first kappa shape index (κ1) is 15.6. The summed E-state index contributed by atoms with van der Waals surface area (Å²) in [6.07, 6.45) is 2.25. The monoisotopic (exact) mass is 283 g/mol. The van der Waals surface area contributed by atoms with Crippen LogP contribution >= 0.6 is 0 Å². The lowest BCUT2D eigenvalue weighted by Gasteiger charge is -2.20.